The largest absolute Gasteiger partial charge is 0.351 e. The molecule has 0 aromatic carbocycles. The van der Waals surface area contributed by atoms with E-state index in [4.69, 9.17) is 0 Å². The van der Waals surface area contributed by atoms with E-state index in [2.05, 4.69) is 17.3 Å². The molecule has 5 heteroatoms. The highest BCUT2D eigenvalue weighted by molar-refractivity contribution is 5.75. The molecule has 2 unspecified atom stereocenters. The molecule has 1 amide bonds. The zero-order valence-corrected chi connectivity index (χ0v) is 10.6. The molecule has 1 aromatic heterocycles. The van der Waals surface area contributed by atoms with E-state index in [1.165, 1.54) is 29.8 Å². The highest BCUT2D eigenvalue weighted by Crippen LogP contribution is 2.23. The molecule has 0 bridgehead atoms. The van der Waals surface area contributed by atoms with Crippen LogP contribution >= 0.6 is 0 Å². The summed E-state index contributed by atoms with van der Waals surface area (Å²) in [6.45, 7) is 2.17. The molecule has 2 atom stereocenters. The van der Waals surface area contributed by atoms with Gasteiger partial charge in [-0.3, -0.25) is 9.59 Å². The van der Waals surface area contributed by atoms with E-state index in [1.54, 1.807) is 6.07 Å². The molecule has 1 aliphatic rings. The van der Waals surface area contributed by atoms with E-state index < -0.39 is 0 Å². The Kier molecular flexibility index (Phi) is 4.12. The van der Waals surface area contributed by atoms with Crippen LogP contribution in [0.5, 0.6) is 0 Å². The first kappa shape index (κ1) is 12.8. The summed E-state index contributed by atoms with van der Waals surface area (Å²) in [6, 6.07) is 3.22. The van der Waals surface area contributed by atoms with E-state index in [0.29, 0.717) is 5.92 Å². The minimum absolute atomic E-state index is 0.00287. The third kappa shape index (κ3) is 3.18. The Hall–Kier alpha value is -1.65. The first-order chi connectivity index (χ1) is 8.66. The molecule has 1 aliphatic carbocycles. The van der Waals surface area contributed by atoms with Gasteiger partial charge in [0.15, 0.2) is 0 Å². The van der Waals surface area contributed by atoms with Crippen LogP contribution in [0.4, 0.5) is 0 Å². The number of aromatic nitrogens is 2. The Labute approximate surface area is 106 Å². The second kappa shape index (κ2) is 5.80. The van der Waals surface area contributed by atoms with E-state index in [1.807, 2.05) is 0 Å². The fourth-order valence-corrected chi connectivity index (χ4v) is 2.43. The number of rotatable bonds is 3. The summed E-state index contributed by atoms with van der Waals surface area (Å²) < 4.78 is 1.18. The SMILES string of the molecule is CC1CCCCC1NC(=O)Cn1ncccc1=O. The molecular weight excluding hydrogens is 230 g/mol. The Balaban J connectivity index is 1.92. The van der Waals surface area contributed by atoms with E-state index >= 15 is 0 Å². The van der Waals surface area contributed by atoms with Gasteiger partial charge >= 0.3 is 0 Å². The fraction of sp³-hybridized carbons (Fsp3) is 0.615. The first-order valence-electron chi connectivity index (χ1n) is 6.48. The topological polar surface area (TPSA) is 64.0 Å². The van der Waals surface area contributed by atoms with Crippen LogP contribution in [0.15, 0.2) is 23.1 Å². The maximum atomic E-state index is 11.9. The van der Waals surface area contributed by atoms with Crippen LogP contribution in [0.1, 0.15) is 32.6 Å². The van der Waals surface area contributed by atoms with Gasteiger partial charge < -0.3 is 5.32 Å². The third-order valence-electron chi connectivity index (χ3n) is 3.54. The molecule has 2 rings (SSSR count). The van der Waals surface area contributed by atoms with Gasteiger partial charge in [-0.2, -0.15) is 5.10 Å². The zero-order valence-electron chi connectivity index (χ0n) is 10.6. The molecule has 1 fully saturated rings. The van der Waals surface area contributed by atoms with Crippen molar-refractivity contribution in [2.24, 2.45) is 5.92 Å². The molecule has 1 heterocycles. The van der Waals surface area contributed by atoms with E-state index in [-0.39, 0.29) is 24.1 Å². The number of nitrogens with one attached hydrogen (secondary N) is 1. The van der Waals surface area contributed by atoms with Gasteiger partial charge in [-0.1, -0.05) is 19.8 Å². The summed E-state index contributed by atoms with van der Waals surface area (Å²) in [7, 11) is 0. The number of hydrogen-bond donors (Lipinski definition) is 1. The Morgan fingerprint density at radius 3 is 3.00 bits per heavy atom. The van der Waals surface area contributed by atoms with Gasteiger partial charge in [-0.05, 0) is 24.8 Å². The van der Waals surface area contributed by atoms with Crippen molar-refractivity contribution in [2.75, 3.05) is 0 Å². The number of nitrogens with zero attached hydrogens (tertiary/aromatic N) is 2. The molecule has 5 nitrogen and oxygen atoms in total. The zero-order chi connectivity index (χ0) is 13.0. The maximum absolute atomic E-state index is 11.9. The van der Waals surface area contributed by atoms with Crippen molar-refractivity contribution in [3.05, 3.63) is 28.7 Å². The average Bonchev–Trinajstić information content (AvgIpc) is 2.35. The summed E-state index contributed by atoms with van der Waals surface area (Å²) in [5, 5.41) is 6.88. The molecule has 0 saturated heterocycles. The highest BCUT2D eigenvalue weighted by Gasteiger charge is 2.22. The number of hydrogen-bond acceptors (Lipinski definition) is 3. The quantitative estimate of drug-likeness (QED) is 0.867. The maximum Gasteiger partial charge on any atom is 0.267 e. The molecule has 0 aliphatic heterocycles. The molecule has 0 spiro atoms. The van der Waals surface area contributed by atoms with Gasteiger partial charge in [-0.25, -0.2) is 4.68 Å². The smallest absolute Gasteiger partial charge is 0.267 e. The van der Waals surface area contributed by atoms with Crippen molar-refractivity contribution in [3.8, 4) is 0 Å². The predicted octanol–water partition coefficient (Wildman–Crippen LogP) is 0.938. The summed E-state index contributed by atoms with van der Waals surface area (Å²) in [5.74, 6) is 0.387. The van der Waals surface area contributed by atoms with Gasteiger partial charge in [0.05, 0.1) is 0 Å². The molecule has 1 aromatic rings. The fourth-order valence-electron chi connectivity index (χ4n) is 2.43. The van der Waals surface area contributed by atoms with Crippen LogP contribution in [0.2, 0.25) is 0 Å². The molecule has 18 heavy (non-hydrogen) atoms. The molecule has 1 N–H and O–H groups in total. The third-order valence-corrected chi connectivity index (χ3v) is 3.54. The molecule has 0 radical (unpaired) electrons. The Morgan fingerprint density at radius 1 is 1.50 bits per heavy atom. The van der Waals surface area contributed by atoms with Crippen molar-refractivity contribution in [3.63, 3.8) is 0 Å². The standard InChI is InChI=1S/C13H19N3O2/c1-10-5-2-3-6-11(10)15-12(17)9-16-13(18)7-4-8-14-16/h4,7-8,10-11H,2-3,5-6,9H2,1H3,(H,15,17). The lowest BCUT2D eigenvalue weighted by Gasteiger charge is -2.29. The number of amides is 1. The van der Waals surface area contributed by atoms with Crippen molar-refractivity contribution in [1.29, 1.82) is 0 Å². The normalized spacial score (nSPS) is 23.6. The molecular formula is C13H19N3O2. The van der Waals surface area contributed by atoms with Gasteiger partial charge in [0.2, 0.25) is 5.91 Å². The first-order valence-corrected chi connectivity index (χ1v) is 6.48. The number of carbonyl (C=O) groups excluding carboxylic acids is 1. The van der Waals surface area contributed by atoms with Crippen molar-refractivity contribution in [2.45, 2.75) is 45.2 Å². The number of carbonyl (C=O) groups is 1. The summed E-state index contributed by atoms with van der Waals surface area (Å²) in [6.07, 6.45) is 6.11. The van der Waals surface area contributed by atoms with Crippen molar-refractivity contribution < 1.29 is 4.79 Å². The van der Waals surface area contributed by atoms with Gasteiger partial charge in [0.25, 0.3) is 5.56 Å². The minimum atomic E-state index is -0.246. The Morgan fingerprint density at radius 2 is 2.28 bits per heavy atom. The van der Waals surface area contributed by atoms with Crippen LogP contribution in [0.3, 0.4) is 0 Å². The lowest BCUT2D eigenvalue weighted by molar-refractivity contribution is -0.123. The monoisotopic (exact) mass is 249 g/mol. The van der Waals surface area contributed by atoms with Crippen LogP contribution in [-0.4, -0.2) is 21.7 Å². The van der Waals surface area contributed by atoms with Gasteiger partial charge in [0.1, 0.15) is 6.54 Å². The van der Waals surface area contributed by atoms with Crippen LogP contribution in [-0.2, 0) is 11.3 Å². The molecule has 1 saturated carbocycles. The van der Waals surface area contributed by atoms with Crippen LogP contribution in [0.25, 0.3) is 0 Å². The highest BCUT2D eigenvalue weighted by atomic mass is 16.2. The summed E-state index contributed by atoms with van der Waals surface area (Å²) in [4.78, 5) is 23.3. The minimum Gasteiger partial charge on any atom is -0.351 e. The van der Waals surface area contributed by atoms with Crippen LogP contribution < -0.4 is 10.9 Å². The Bertz CT molecular complexity index is 469. The van der Waals surface area contributed by atoms with Crippen molar-refractivity contribution >= 4 is 5.91 Å². The second-order valence-electron chi connectivity index (χ2n) is 4.96. The average molecular weight is 249 g/mol. The molecule has 98 valence electrons. The van der Waals surface area contributed by atoms with Crippen molar-refractivity contribution in [1.82, 2.24) is 15.1 Å². The predicted molar refractivity (Wildman–Crippen MR) is 68.1 cm³/mol. The lowest BCUT2D eigenvalue weighted by atomic mass is 9.86. The van der Waals surface area contributed by atoms with Gasteiger partial charge in [0, 0.05) is 18.3 Å². The second-order valence-corrected chi connectivity index (χ2v) is 4.96. The lowest BCUT2D eigenvalue weighted by Crippen LogP contribution is -2.43. The van der Waals surface area contributed by atoms with E-state index in [9.17, 15) is 9.59 Å². The van der Waals surface area contributed by atoms with E-state index in [0.717, 1.165) is 12.8 Å². The summed E-state index contributed by atoms with van der Waals surface area (Å²) >= 11 is 0. The summed E-state index contributed by atoms with van der Waals surface area (Å²) in [5.41, 5.74) is -0.246. The van der Waals surface area contributed by atoms with Crippen LogP contribution in [0, 0.1) is 5.92 Å². The van der Waals surface area contributed by atoms with Gasteiger partial charge in [-0.15, -0.1) is 0 Å².